The lowest BCUT2D eigenvalue weighted by atomic mass is 10.1. The van der Waals surface area contributed by atoms with Crippen LogP contribution in [0.25, 0.3) is 0 Å². The van der Waals surface area contributed by atoms with Gasteiger partial charge < -0.3 is 4.57 Å². The first-order chi connectivity index (χ1) is 7.65. The Kier molecular flexibility index (Phi) is 4.90. The zero-order valence-electron chi connectivity index (χ0n) is 10.5. The second-order valence-electron chi connectivity index (χ2n) is 4.98. The molecule has 0 saturated carbocycles. The van der Waals surface area contributed by atoms with Gasteiger partial charge >= 0.3 is 18.0 Å². The minimum atomic E-state index is -6.24. The van der Waals surface area contributed by atoms with E-state index in [0.29, 0.717) is 0 Å². The summed E-state index contributed by atoms with van der Waals surface area (Å²) in [6.07, 6.45) is -7.71. The molecule has 0 aliphatic rings. The van der Waals surface area contributed by atoms with E-state index < -0.39 is 32.7 Å². The molecule has 9 heteroatoms. The van der Waals surface area contributed by atoms with Gasteiger partial charge in [0.1, 0.15) is 8.24 Å². The smallest absolute Gasteiger partial charge is 0.329 e. The second-order valence-corrected chi connectivity index (χ2v) is 10.0. The molecule has 0 atom stereocenters. The molecule has 0 aliphatic carbocycles. The highest BCUT2D eigenvalue weighted by Gasteiger charge is 2.72. The van der Waals surface area contributed by atoms with Crippen LogP contribution in [-0.2, 0) is 0 Å². The summed E-state index contributed by atoms with van der Waals surface area (Å²) in [7, 11) is 0.803. The minimum absolute atomic E-state index is 0.349. The number of hydrogen-bond acceptors (Lipinski definition) is 1. The normalized spacial score (nSPS) is 15.3. The maximum Gasteiger partial charge on any atom is 0.459 e. The van der Waals surface area contributed by atoms with Gasteiger partial charge in [0.15, 0.2) is 0 Å². The predicted octanol–water partition coefficient (Wildman–Crippen LogP) is 3.98. The summed E-state index contributed by atoms with van der Waals surface area (Å²) < 4.78 is 88.5. The topological polar surface area (TPSA) is 3.24 Å². The van der Waals surface area contributed by atoms with Gasteiger partial charge in [-0.2, -0.15) is 30.7 Å². The van der Waals surface area contributed by atoms with Crippen molar-refractivity contribution < 1.29 is 30.7 Å². The lowest BCUT2D eigenvalue weighted by Gasteiger charge is -2.34. The molecular weight excluding hydrogens is 283 g/mol. The van der Waals surface area contributed by atoms with Gasteiger partial charge in [0.25, 0.3) is 0 Å². The Labute approximate surface area is 102 Å². The molecule has 0 bridgehead atoms. The summed E-state index contributed by atoms with van der Waals surface area (Å²) in [6.45, 7) is 3.24. The maximum atomic E-state index is 13.0. The van der Waals surface area contributed by atoms with Gasteiger partial charge in [-0.15, -0.1) is 0 Å². The van der Waals surface area contributed by atoms with E-state index in [1.165, 1.54) is 0 Å². The van der Waals surface area contributed by atoms with Crippen molar-refractivity contribution in [2.45, 2.75) is 43.6 Å². The number of halogens is 7. The van der Waals surface area contributed by atoms with Crippen LogP contribution < -0.4 is 0 Å². The van der Waals surface area contributed by atoms with E-state index in [4.69, 9.17) is 0 Å². The Morgan fingerprint density at radius 1 is 0.889 bits per heavy atom. The van der Waals surface area contributed by atoms with Gasteiger partial charge in [0.2, 0.25) is 0 Å². The molecule has 110 valence electrons. The molecule has 1 nitrogen and oxygen atoms in total. The van der Waals surface area contributed by atoms with E-state index in [1.807, 2.05) is 0 Å². The maximum absolute atomic E-state index is 13.0. The van der Waals surface area contributed by atoms with Crippen molar-refractivity contribution in [1.82, 2.24) is 4.57 Å². The van der Waals surface area contributed by atoms with Gasteiger partial charge in [-0.05, 0) is 20.1 Å². The fraction of sp³-hybridized carbons (Fsp3) is 1.00. The van der Waals surface area contributed by atoms with Crippen LogP contribution in [0, 0.1) is 0 Å². The van der Waals surface area contributed by atoms with E-state index in [2.05, 4.69) is 0 Å². The predicted molar refractivity (Wildman–Crippen MR) is 56.5 cm³/mol. The third-order valence-corrected chi connectivity index (χ3v) is 6.97. The quantitative estimate of drug-likeness (QED) is 0.548. The minimum Gasteiger partial charge on any atom is -0.329 e. The zero-order valence-corrected chi connectivity index (χ0v) is 11.5. The first-order valence-electron chi connectivity index (χ1n) is 5.15. The van der Waals surface area contributed by atoms with E-state index in [1.54, 1.807) is 31.8 Å². The molecule has 0 spiro atoms. The molecule has 0 amide bonds. The molecule has 0 aromatic carbocycles. The Bertz CT molecular complexity index is 285. The Hall–Kier alpha value is -0.313. The lowest BCUT2D eigenvalue weighted by Crippen LogP contribution is -2.53. The molecule has 0 unspecified atom stereocenters. The molecule has 0 radical (unpaired) electrons. The van der Waals surface area contributed by atoms with Gasteiger partial charge in [-0.3, -0.25) is 0 Å². The van der Waals surface area contributed by atoms with Crippen molar-refractivity contribution >= 4 is 8.24 Å². The molecule has 0 rings (SSSR count). The summed E-state index contributed by atoms with van der Waals surface area (Å²) in [5.74, 6) is -11.1. The van der Waals surface area contributed by atoms with Gasteiger partial charge in [0, 0.05) is 6.42 Å². The number of rotatable bonds is 5. The third kappa shape index (κ3) is 3.59. The molecule has 0 aromatic rings. The highest BCUT2D eigenvalue weighted by Crippen LogP contribution is 2.49. The Balaban J connectivity index is 4.88. The lowest BCUT2D eigenvalue weighted by molar-refractivity contribution is -0.354. The zero-order chi connectivity index (χ0) is 15.0. The van der Waals surface area contributed by atoms with Crippen LogP contribution in [0.2, 0.25) is 19.1 Å². The highest BCUT2D eigenvalue weighted by molar-refractivity contribution is 6.74. The van der Waals surface area contributed by atoms with E-state index in [0.717, 1.165) is 0 Å². The average molecular weight is 299 g/mol. The summed E-state index contributed by atoms with van der Waals surface area (Å²) in [4.78, 5) is 0. The van der Waals surface area contributed by atoms with Crippen molar-refractivity contribution in [3.8, 4) is 0 Å². The largest absolute Gasteiger partial charge is 0.459 e. The summed E-state index contributed by atoms with van der Waals surface area (Å²) in [5.41, 5.74) is 0. The Morgan fingerprint density at radius 3 is 1.56 bits per heavy atom. The second kappa shape index (κ2) is 4.99. The molecular formula is C9H16F7NSi. The van der Waals surface area contributed by atoms with Crippen LogP contribution in [0.4, 0.5) is 30.7 Å². The van der Waals surface area contributed by atoms with Crippen molar-refractivity contribution in [3.05, 3.63) is 0 Å². The van der Waals surface area contributed by atoms with Crippen LogP contribution in [0.15, 0.2) is 0 Å². The van der Waals surface area contributed by atoms with Crippen LogP contribution in [-0.4, -0.2) is 44.9 Å². The number of alkyl halides is 7. The molecule has 0 N–H and O–H groups in total. The van der Waals surface area contributed by atoms with Crippen molar-refractivity contribution in [1.29, 1.82) is 0 Å². The van der Waals surface area contributed by atoms with Crippen molar-refractivity contribution in [2.24, 2.45) is 0 Å². The summed E-state index contributed by atoms with van der Waals surface area (Å²) in [6, 6.07) is -0.349. The van der Waals surface area contributed by atoms with Crippen molar-refractivity contribution in [3.63, 3.8) is 0 Å². The summed E-state index contributed by atoms with van der Waals surface area (Å²) >= 11 is 0. The summed E-state index contributed by atoms with van der Waals surface area (Å²) in [5, 5.41) is 0. The molecule has 0 aromatic heterocycles. The molecule has 18 heavy (non-hydrogen) atoms. The monoisotopic (exact) mass is 299 g/mol. The molecule has 0 aliphatic heterocycles. The van der Waals surface area contributed by atoms with Crippen LogP contribution in [0.1, 0.15) is 6.42 Å². The van der Waals surface area contributed by atoms with Gasteiger partial charge in [-0.25, -0.2) is 0 Å². The van der Waals surface area contributed by atoms with E-state index in [9.17, 15) is 30.7 Å². The van der Waals surface area contributed by atoms with Gasteiger partial charge in [-0.1, -0.05) is 13.1 Å². The van der Waals surface area contributed by atoms with E-state index >= 15 is 0 Å². The van der Waals surface area contributed by atoms with Crippen LogP contribution in [0.5, 0.6) is 0 Å². The van der Waals surface area contributed by atoms with Gasteiger partial charge in [0.05, 0.1) is 0 Å². The number of nitrogens with zero attached hydrogens (tertiary/aromatic N) is 1. The van der Waals surface area contributed by atoms with Crippen molar-refractivity contribution in [2.75, 3.05) is 14.1 Å². The van der Waals surface area contributed by atoms with Crippen LogP contribution >= 0.6 is 0 Å². The first-order valence-corrected chi connectivity index (χ1v) is 8.30. The fourth-order valence-corrected chi connectivity index (χ4v) is 2.42. The molecule has 0 heterocycles. The molecule has 0 fully saturated rings. The first kappa shape index (κ1) is 17.7. The SMILES string of the molecule is CN(C)[Si](C)(C)CCC(F)(F)C(F)(F)C(F)(F)F. The fourth-order valence-electron chi connectivity index (χ4n) is 1.05. The Morgan fingerprint density at radius 2 is 1.28 bits per heavy atom. The highest BCUT2D eigenvalue weighted by atomic mass is 28.3. The van der Waals surface area contributed by atoms with Crippen LogP contribution in [0.3, 0.4) is 0 Å². The standard InChI is InChI=1S/C9H16F7NSi/c1-17(2)18(3,4)6-5-7(10,11)8(12,13)9(14,15)16/h5-6H2,1-4H3. The average Bonchev–Trinajstić information content (AvgIpc) is 2.12. The van der Waals surface area contributed by atoms with E-state index in [-0.39, 0.29) is 6.04 Å². The molecule has 0 saturated heterocycles. The number of hydrogen-bond donors (Lipinski definition) is 0. The third-order valence-electron chi connectivity index (χ3n) is 3.08.